The predicted molar refractivity (Wildman–Crippen MR) is 114 cm³/mol. The third-order valence-corrected chi connectivity index (χ3v) is 5.81. The van der Waals surface area contributed by atoms with Gasteiger partial charge in [0.15, 0.2) is 0 Å². The highest BCUT2D eigenvalue weighted by Crippen LogP contribution is 2.28. The monoisotopic (exact) mass is 408 g/mol. The first-order chi connectivity index (χ1) is 14.4. The van der Waals surface area contributed by atoms with Crippen LogP contribution in [-0.2, 0) is 7.05 Å². The molecule has 1 saturated heterocycles. The number of nitrogens with zero attached hydrogens (tertiary/aromatic N) is 6. The van der Waals surface area contributed by atoms with Crippen molar-refractivity contribution in [2.45, 2.75) is 45.6 Å². The van der Waals surface area contributed by atoms with Crippen LogP contribution in [0.4, 0.5) is 0 Å². The highest BCUT2D eigenvalue weighted by molar-refractivity contribution is 5.95. The second kappa shape index (κ2) is 7.93. The molecule has 1 unspecified atom stereocenters. The average Bonchev–Trinajstić information content (AvgIpc) is 3.28. The number of carbonyl (C=O) groups excluding carboxylic acids is 1. The van der Waals surface area contributed by atoms with Crippen molar-refractivity contribution < 1.29 is 4.79 Å². The maximum absolute atomic E-state index is 13.3. The Morgan fingerprint density at radius 1 is 1.20 bits per heavy atom. The molecule has 0 aliphatic carbocycles. The maximum atomic E-state index is 13.3. The Labute approximate surface area is 175 Å². The van der Waals surface area contributed by atoms with Gasteiger partial charge < -0.3 is 4.90 Å². The van der Waals surface area contributed by atoms with Crippen LogP contribution >= 0.6 is 0 Å². The van der Waals surface area contributed by atoms with Crippen molar-refractivity contribution in [1.29, 1.82) is 0 Å². The number of piperidine rings is 1. The number of carbonyl (C=O) groups is 1. The van der Waals surface area contributed by atoms with Gasteiger partial charge in [-0.1, -0.05) is 18.2 Å². The number of rotatable bonds is 4. The summed E-state index contributed by atoms with van der Waals surface area (Å²) < 4.78 is 4.94. The van der Waals surface area contributed by atoms with E-state index in [9.17, 15) is 9.59 Å². The highest BCUT2D eigenvalue weighted by Gasteiger charge is 2.31. The lowest BCUT2D eigenvalue weighted by Crippen LogP contribution is -2.40. The van der Waals surface area contributed by atoms with Crippen LogP contribution in [0.2, 0.25) is 0 Å². The van der Waals surface area contributed by atoms with Gasteiger partial charge in [-0.3, -0.25) is 9.36 Å². The van der Waals surface area contributed by atoms with Crippen LogP contribution in [0.1, 0.15) is 60.5 Å². The summed E-state index contributed by atoms with van der Waals surface area (Å²) in [5, 5.41) is 8.94. The van der Waals surface area contributed by atoms with Crippen molar-refractivity contribution in [2.24, 2.45) is 7.05 Å². The lowest BCUT2D eigenvalue weighted by molar-refractivity contribution is 0.0702. The van der Waals surface area contributed by atoms with Crippen LogP contribution in [-0.4, -0.2) is 48.0 Å². The molecular formula is C22H28N6O2. The normalized spacial score (nSPS) is 17.0. The Hall–Kier alpha value is -3.16. The second-order valence-electron chi connectivity index (χ2n) is 8.21. The molecule has 1 aromatic carbocycles. The number of likely N-dealkylation sites (tertiary alicyclic amines) is 1. The number of amides is 1. The number of benzene rings is 1. The molecule has 0 N–H and O–H groups in total. The SMILES string of the molecule is Cc1c(C(=O)N2CCCC(c3nn(C)c(=O)n3C(C)C)C2)cnn1-c1ccccc1. The van der Waals surface area contributed by atoms with Crippen molar-refractivity contribution in [3.8, 4) is 5.69 Å². The Morgan fingerprint density at radius 2 is 1.93 bits per heavy atom. The predicted octanol–water partition coefficient (Wildman–Crippen LogP) is 2.68. The van der Waals surface area contributed by atoms with Crippen LogP contribution < -0.4 is 5.69 Å². The van der Waals surface area contributed by atoms with E-state index in [4.69, 9.17) is 0 Å². The van der Waals surface area contributed by atoms with Gasteiger partial charge >= 0.3 is 5.69 Å². The largest absolute Gasteiger partial charge is 0.345 e. The molecule has 0 saturated carbocycles. The van der Waals surface area contributed by atoms with Crippen molar-refractivity contribution in [3.63, 3.8) is 0 Å². The van der Waals surface area contributed by atoms with Gasteiger partial charge in [-0.25, -0.2) is 14.2 Å². The molecule has 8 heteroatoms. The van der Waals surface area contributed by atoms with Crippen LogP contribution in [0.25, 0.3) is 5.69 Å². The summed E-state index contributed by atoms with van der Waals surface area (Å²) >= 11 is 0. The number of hydrogen-bond acceptors (Lipinski definition) is 4. The summed E-state index contributed by atoms with van der Waals surface area (Å²) in [6.07, 6.45) is 3.44. The topological polar surface area (TPSA) is 78.0 Å². The molecule has 1 fully saturated rings. The van der Waals surface area contributed by atoms with Gasteiger partial charge in [0, 0.05) is 32.1 Å². The molecule has 1 amide bonds. The molecule has 158 valence electrons. The lowest BCUT2D eigenvalue weighted by atomic mass is 9.96. The molecule has 3 heterocycles. The first-order valence-corrected chi connectivity index (χ1v) is 10.4. The van der Waals surface area contributed by atoms with E-state index in [1.165, 1.54) is 4.68 Å². The van der Waals surface area contributed by atoms with E-state index >= 15 is 0 Å². The van der Waals surface area contributed by atoms with E-state index in [0.29, 0.717) is 18.7 Å². The zero-order valence-electron chi connectivity index (χ0n) is 17.9. The molecule has 0 radical (unpaired) electrons. The summed E-state index contributed by atoms with van der Waals surface area (Å²) in [6.45, 7) is 7.14. The first-order valence-electron chi connectivity index (χ1n) is 10.4. The van der Waals surface area contributed by atoms with Crippen LogP contribution in [0.3, 0.4) is 0 Å². The third-order valence-electron chi connectivity index (χ3n) is 5.81. The quantitative estimate of drug-likeness (QED) is 0.665. The van der Waals surface area contributed by atoms with Gasteiger partial charge in [0.1, 0.15) is 5.82 Å². The van der Waals surface area contributed by atoms with Crippen LogP contribution in [0.15, 0.2) is 41.3 Å². The number of para-hydroxylation sites is 1. The fourth-order valence-electron chi connectivity index (χ4n) is 4.25. The minimum atomic E-state index is -0.108. The van der Waals surface area contributed by atoms with E-state index in [1.54, 1.807) is 22.5 Å². The van der Waals surface area contributed by atoms with Gasteiger partial charge in [0.2, 0.25) is 0 Å². The molecule has 1 aliphatic rings. The molecular weight excluding hydrogens is 380 g/mol. The standard InChI is InChI=1S/C22H28N6O2/c1-15(2)27-20(24-25(4)22(27)30)17-9-8-12-26(14-17)21(29)19-13-23-28(16(19)3)18-10-6-5-7-11-18/h5-7,10-11,13,15,17H,8-9,12,14H2,1-4H3. The van der Waals surface area contributed by atoms with E-state index in [0.717, 1.165) is 30.0 Å². The molecule has 1 aliphatic heterocycles. The van der Waals surface area contributed by atoms with Gasteiger partial charge in [-0.2, -0.15) is 10.2 Å². The molecule has 2 aromatic heterocycles. The summed E-state index contributed by atoms with van der Waals surface area (Å²) in [5.74, 6) is 0.795. The number of aromatic nitrogens is 5. The third kappa shape index (κ3) is 3.46. The first kappa shape index (κ1) is 20.1. The summed E-state index contributed by atoms with van der Waals surface area (Å²) in [7, 11) is 1.68. The Bertz CT molecular complexity index is 1110. The maximum Gasteiger partial charge on any atom is 0.345 e. The smallest absolute Gasteiger partial charge is 0.338 e. The summed E-state index contributed by atoms with van der Waals surface area (Å²) in [5.41, 5.74) is 2.26. The average molecular weight is 409 g/mol. The zero-order chi connectivity index (χ0) is 21.4. The summed E-state index contributed by atoms with van der Waals surface area (Å²) in [4.78, 5) is 27.6. The van der Waals surface area contributed by atoms with Crippen LogP contribution in [0.5, 0.6) is 0 Å². The van der Waals surface area contributed by atoms with Crippen molar-refractivity contribution in [3.05, 3.63) is 64.1 Å². The second-order valence-corrected chi connectivity index (χ2v) is 8.21. The molecule has 0 spiro atoms. The van der Waals surface area contributed by atoms with Gasteiger partial charge in [0.05, 0.1) is 23.1 Å². The van der Waals surface area contributed by atoms with E-state index in [-0.39, 0.29) is 23.6 Å². The molecule has 4 rings (SSSR count). The summed E-state index contributed by atoms with van der Waals surface area (Å²) in [6, 6.07) is 9.83. The van der Waals surface area contributed by atoms with Crippen LogP contribution in [0, 0.1) is 6.92 Å². The number of aryl methyl sites for hydroxylation is 1. The minimum absolute atomic E-state index is 0.0197. The van der Waals surface area contributed by atoms with Gasteiger partial charge in [-0.05, 0) is 45.7 Å². The zero-order valence-corrected chi connectivity index (χ0v) is 17.9. The van der Waals surface area contributed by atoms with Crippen molar-refractivity contribution in [1.82, 2.24) is 29.0 Å². The van der Waals surface area contributed by atoms with E-state index in [2.05, 4.69) is 10.2 Å². The fraction of sp³-hybridized carbons (Fsp3) is 0.455. The highest BCUT2D eigenvalue weighted by atomic mass is 16.2. The lowest BCUT2D eigenvalue weighted by Gasteiger charge is -2.32. The Morgan fingerprint density at radius 3 is 2.63 bits per heavy atom. The molecule has 1 atom stereocenters. The molecule has 8 nitrogen and oxygen atoms in total. The Balaban J connectivity index is 1.59. The number of hydrogen-bond donors (Lipinski definition) is 0. The molecule has 30 heavy (non-hydrogen) atoms. The molecule has 3 aromatic rings. The van der Waals surface area contributed by atoms with E-state index < -0.39 is 0 Å². The Kier molecular flexibility index (Phi) is 5.32. The van der Waals surface area contributed by atoms with Gasteiger partial charge in [-0.15, -0.1) is 0 Å². The van der Waals surface area contributed by atoms with Crippen molar-refractivity contribution >= 4 is 5.91 Å². The van der Waals surface area contributed by atoms with E-state index in [1.807, 2.05) is 56.0 Å². The van der Waals surface area contributed by atoms with Crippen molar-refractivity contribution in [2.75, 3.05) is 13.1 Å². The molecule has 0 bridgehead atoms. The minimum Gasteiger partial charge on any atom is -0.338 e. The van der Waals surface area contributed by atoms with Gasteiger partial charge in [0.25, 0.3) is 5.91 Å². The fourth-order valence-corrected chi connectivity index (χ4v) is 4.25.